The minimum atomic E-state index is -1.22. The molecular formula is C7H15BrO2Zn. The van der Waals surface area contributed by atoms with Crippen molar-refractivity contribution < 1.29 is 25.8 Å². The number of halogens is 1. The number of rotatable bonds is 6. The monoisotopic (exact) mass is 274 g/mol. The zero-order chi connectivity index (χ0) is 7.82. The molecule has 0 fully saturated rings. The van der Waals surface area contributed by atoms with Gasteiger partial charge in [-0.1, -0.05) is 0 Å². The Morgan fingerprint density at radius 2 is 2.09 bits per heavy atom. The van der Waals surface area contributed by atoms with Gasteiger partial charge in [-0.15, -0.1) is 17.0 Å². The van der Waals surface area contributed by atoms with Gasteiger partial charge in [0.2, 0.25) is 0 Å². The maximum atomic E-state index is 10.9. The van der Waals surface area contributed by atoms with Gasteiger partial charge in [-0.05, 0) is 0 Å². The fourth-order valence-electron chi connectivity index (χ4n) is 0.662. The van der Waals surface area contributed by atoms with Gasteiger partial charge in [-0.3, -0.25) is 0 Å². The van der Waals surface area contributed by atoms with Crippen molar-refractivity contribution >= 4 is 21.4 Å². The SMILES string of the molecule is Br.CCCC[C](=O)[Zn][O]CC. The van der Waals surface area contributed by atoms with E-state index in [0.29, 0.717) is 4.38 Å². The van der Waals surface area contributed by atoms with Gasteiger partial charge in [-0.25, -0.2) is 0 Å². The first kappa shape index (κ1) is 14.3. The average molecular weight is 276 g/mol. The molecule has 64 valence electrons. The molecule has 4 heteroatoms. The first-order valence-electron chi connectivity index (χ1n) is 3.90. The Morgan fingerprint density at radius 3 is 2.55 bits per heavy atom. The number of carbonyl (C=O) groups excluding carboxylic acids is 1. The Kier molecular flexibility index (Phi) is 13.9. The molecule has 0 heterocycles. The molecule has 0 saturated carbocycles. The van der Waals surface area contributed by atoms with E-state index in [1.807, 2.05) is 6.92 Å². The summed E-state index contributed by atoms with van der Waals surface area (Å²) in [5.41, 5.74) is 0. The van der Waals surface area contributed by atoms with Gasteiger partial charge in [0, 0.05) is 0 Å². The van der Waals surface area contributed by atoms with Gasteiger partial charge in [0.05, 0.1) is 0 Å². The predicted octanol–water partition coefficient (Wildman–Crippen LogP) is 2.32. The van der Waals surface area contributed by atoms with Gasteiger partial charge in [0.25, 0.3) is 0 Å². The molecule has 0 amide bonds. The molecule has 0 atom stereocenters. The van der Waals surface area contributed by atoms with E-state index in [1.165, 1.54) is 0 Å². The van der Waals surface area contributed by atoms with Gasteiger partial charge in [0.1, 0.15) is 0 Å². The summed E-state index contributed by atoms with van der Waals surface area (Å²) in [5.74, 6) is 0. The molecule has 0 saturated heterocycles. The molecule has 11 heavy (non-hydrogen) atoms. The average Bonchev–Trinajstić information content (AvgIpc) is 1.97. The van der Waals surface area contributed by atoms with E-state index in [0.717, 1.165) is 25.9 Å². The van der Waals surface area contributed by atoms with E-state index in [4.69, 9.17) is 3.56 Å². The molecule has 0 N–H and O–H groups in total. The summed E-state index contributed by atoms with van der Waals surface area (Å²) in [6.07, 6.45) is 2.91. The second kappa shape index (κ2) is 10.7. The second-order valence-electron chi connectivity index (χ2n) is 2.28. The maximum absolute atomic E-state index is 10.9. The summed E-state index contributed by atoms with van der Waals surface area (Å²) >= 11 is -1.22. The Labute approximate surface area is 86.8 Å². The molecule has 0 aliphatic heterocycles. The Morgan fingerprint density at radius 1 is 1.45 bits per heavy atom. The van der Waals surface area contributed by atoms with Crippen molar-refractivity contribution in [3.05, 3.63) is 0 Å². The first-order valence-corrected chi connectivity index (χ1v) is 6.60. The third kappa shape index (κ3) is 10.7. The van der Waals surface area contributed by atoms with Crippen LogP contribution in [-0.4, -0.2) is 11.0 Å². The molecule has 0 radical (unpaired) electrons. The number of hydrogen-bond donors (Lipinski definition) is 0. The number of unbranched alkanes of at least 4 members (excludes halogenated alkanes) is 1. The Bertz CT molecular complexity index is 88.4. The molecule has 0 aromatic rings. The molecule has 0 unspecified atom stereocenters. The standard InChI is InChI=1S/C5H9O.C2H5O.BrH.Zn/c1-2-3-4-5-6;1-2-3;;/h2-4H2,1H3;2H2,1H3;1H;/q;-1;;+1. The van der Waals surface area contributed by atoms with E-state index in [1.54, 1.807) is 0 Å². The van der Waals surface area contributed by atoms with E-state index >= 15 is 0 Å². The summed E-state index contributed by atoms with van der Waals surface area (Å²) < 4.78 is 5.54. The van der Waals surface area contributed by atoms with Crippen molar-refractivity contribution in [2.75, 3.05) is 6.61 Å². The fraction of sp³-hybridized carbons (Fsp3) is 0.857. The van der Waals surface area contributed by atoms with Crippen molar-refractivity contribution in [1.29, 1.82) is 0 Å². The van der Waals surface area contributed by atoms with Crippen molar-refractivity contribution in [2.45, 2.75) is 33.1 Å². The van der Waals surface area contributed by atoms with Crippen LogP contribution in [0.4, 0.5) is 0 Å². The van der Waals surface area contributed by atoms with Crippen LogP contribution in [0.25, 0.3) is 0 Å². The van der Waals surface area contributed by atoms with Crippen molar-refractivity contribution in [3.63, 3.8) is 0 Å². The van der Waals surface area contributed by atoms with Gasteiger partial charge in [0.15, 0.2) is 0 Å². The van der Waals surface area contributed by atoms with Crippen LogP contribution < -0.4 is 0 Å². The second-order valence-corrected chi connectivity index (χ2v) is 5.40. The fourth-order valence-corrected chi connectivity index (χ4v) is 2.40. The zero-order valence-electron chi connectivity index (χ0n) is 7.26. The van der Waals surface area contributed by atoms with E-state index in [9.17, 15) is 4.79 Å². The van der Waals surface area contributed by atoms with Crippen LogP contribution in [0.1, 0.15) is 33.1 Å². The van der Waals surface area contributed by atoms with Crippen LogP contribution in [0.3, 0.4) is 0 Å². The summed E-state index contributed by atoms with van der Waals surface area (Å²) in [4.78, 5) is 10.9. The molecule has 0 bridgehead atoms. The minimum absolute atomic E-state index is 0. The predicted molar refractivity (Wildman–Crippen MR) is 46.5 cm³/mol. The zero-order valence-corrected chi connectivity index (χ0v) is 11.9. The van der Waals surface area contributed by atoms with Crippen LogP contribution >= 0.6 is 17.0 Å². The molecule has 0 aliphatic rings. The molecule has 0 spiro atoms. The van der Waals surface area contributed by atoms with Crippen molar-refractivity contribution in [3.8, 4) is 0 Å². The summed E-state index contributed by atoms with van der Waals surface area (Å²) in [5, 5.41) is 0. The van der Waals surface area contributed by atoms with Crippen molar-refractivity contribution in [2.24, 2.45) is 0 Å². The Balaban J connectivity index is 0. The molecule has 0 aromatic heterocycles. The summed E-state index contributed by atoms with van der Waals surface area (Å²) in [6.45, 7) is 4.76. The molecule has 0 aliphatic carbocycles. The molecule has 0 aromatic carbocycles. The van der Waals surface area contributed by atoms with Crippen LogP contribution in [0.2, 0.25) is 0 Å². The summed E-state index contributed by atoms with van der Waals surface area (Å²) in [7, 11) is 0. The molecular weight excluding hydrogens is 261 g/mol. The van der Waals surface area contributed by atoms with Gasteiger partial charge < -0.3 is 0 Å². The normalized spacial score (nSPS) is 8.18. The third-order valence-electron chi connectivity index (χ3n) is 1.28. The van der Waals surface area contributed by atoms with E-state index < -0.39 is 17.5 Å². The van der Waals surface area contributed by atoms with Crippen LogP contribution in [0, 0.1) is 0 Å². The third-order valence-corrected chi connectivity index (χ3v) is 3.98. The van der Waals surface area contributed by atoms with E-state index in [-0.39, 0.29) is 17.0 Å². The first-order chi connectivity index (χ1) is 4.81. The van der Waals surface area contributed by atoms with Gasteiger partial charge in [-0.2, -0.15) is 0 Å². The van der Waals surface area contributed by atoms with Crippen LogP contribution in [0.15, 0.2) is 0 Å². The van der Waals surface area contributed by atoms with Crippen LogP contribution in [0.5, 0.6) is 0 Å². The van der Waals surface area contributed by atoms with Gasteiger partial charge >= 0.3 is 69.9 Å². The number of hydrogen-bond acceptors (Lipinski definition) is 2. The van der Waals surface area contributed by atoms with Crippen molar-refractivity contribution in [1.82, 2.24) is 0 Å². The quantitative estimate of drug-likeness (QED) is 0.696. The van der Waals surface area contributed by atoms with E-state index in [2.05, 4.69) is 6.92 Å². The number of carbonyl (C=O) groups is 1. The Hall–Kier alpha value is 0.733. The topological polar surface area (TPSA) is 26.3 Å². The summed E-state index contributed by atoms with van der Waals surface area (Å²) in [6, 6.07) is 0. The molecule has 0 rings (SSSR count). The molecule has 2 nitrogen and oxygen atoms in total. The van der Waals surface area contributed by atoms with Crippen LogP contribution in [-0.2, 0) is 25.8 Å².